The molecule has 1 aromatic heterocycles. The summed E-state index contributed by atoms with van der Waals surface area (Å²) >= 11 is 5.44. The standard InChI is InChI=1S/C16H20BrNS/c1-11-4-5-12(2)13(8-11)9-14(18-3)10-16-15(17)6-7-19-16/h4-8,14,18H,9-10H2,1-3H3. The van der Waals surface area contributed by atoms with E-state index < -0.39 is 0 Å². The zero-order valence-corrected chi connectivity index (χ0v) is 14.1. The van der Waals surface area contributed by atoms with Gasteiger partial charge in [0.1, 0.15) is 0 Å². The van der Waals surface area contributed by atoms with E-state index in [2.05, 4.69) is 71.8 Å². The first-order valence-electron chi connectivity index (χ1n) is 6.55. The molecular formula is C16H20BrNS. The Labute approximate surface area is 128 Å². The van der Waals surface area contributed by atoms with Gasteiger partial charge in [-0.2, -0.15) is 0 Å². The first kappa shape index (κ1) is 14.8. The Balaban J connectivity index is 2.11. The van der Waals surface area contributed by atoms with E-state index in [0.717, 1.165) is 12.8 Å². The molecule has 19 heavy (non-hydrogen) atoms. The molecule has 1 aromatic carbocycles. The quantitative estimate of drug-likeness (QED) is 0.846. The highest BCUT2D eigenvalue weighted by Crippen LogP contribution is 2.25. The van der Waals surface area contributed by atoms with Crippen LogP contribution < -0.4 is 5.32 Å². The van der Waals surface area contributed by atoms with Crippen molar-refractivity contribution in [3.8, 4) is 0 Å². The molecule has 1 nitrogen and oxygen atoms in total. The molecule has 3 heteroatoms. The first-order chi connectivity index (χ1) is 9.10. The van der Waals surface area contributed by atoms with Crippen LogP contribution in [0.2, 0.25) is 0 Å². The summed E-state index contributed by atoms with van der Waals surface area (Å²) in [5, 5.41) is 5.59. The van der Waals surface area contributed by atoms with Crippen molar-refractivity contribution in [2.75, 3.05) is 7.05 Å². The molecular weight excluding hydrogens is 318 g/mol. The lowest BCUT2D eigenvalue weighted by molar-refractivity contribution is 0.558. The molecule has 2 aromatic rings. The molecule has 1 heterocycles. The molecule has 1 unspecified atom stereocenters. The monoisotopic (exact) mass is 337 g/mol. The van der Waals surface area contributed by atoms with Crippen LogP contribution >= 0.6 is 27.3 Å². The molecule has 0 bridgehead atoms. The van der Waals surface area contributed by atoms with Gasteiger partial charge in [0.15, 0.2) is 0 Å². The maximum atomic E-state index is 3.62. The minimum atomic E-state index is 0.482. The van der Waals surface area contributed by atoms with Gasteiger partial charge in [0.05, 0.1) is 0 Å². The minimum absolute atomic E-state index is 0.482. The van der Waals surface area contributed by atoms with Crippen molar-refractivity contribution in [3.63, 3.8) is 0 Å². The number of thiophene rings is 1. The summed E-state index contributed by atoms with van der Waals surface area (Å²) in [5.74, 6) is 0. The van der Waals surface area contributed by atoms with Crippen LogP contribution in [-0.4, -0.2) is 13.1 Å². The van der Waals surface area contributed by atoms with Gasteiger partial charge in [-0.1, -0.05) is 23.8 Å². The Morgan fingerprint density at radius 2 is 2.00 bits per heavy atom. The summed E-state index contributed by atoms with van der Waals surface area (Å²) in [6, 6.07) is 9.32. The molecule has 0 saturated heterocycles. The highest BCUT2D eigenvalue weighted by Gasteiger charge is 2.12. The number of hydrogen-bond acceptors (Lipinski definition) is 2. The van der Waals surface area contributed by atoms with Crippen molar-refractivity contribution < 1.29 is 0 Å². The smallest absolute Gasteiger partial charge is 0.0314 e. The molecule has 0 aliphatic rings. The van der Waals surface area contributed by atoms with Crippen LogP contribution in [0.4, 0.5) is 0 Å². The van der Waals surface area contributed by atoms with Crippen LogP contribution in [0.25, 0.3) is 0 Å². The fourth-order valence-corrected chi connectivity index (χ4v) is 3.85. The molecule has 0 aliphatic heterocycles. The third kappa shape index (κ3) is 3.91. The lowest BCUT2D eigenvalue weighted by Gasteiger charge is -2.17. The van der Waals surface area contributed by atoms with Crippen molar-refractivity contribution in [3.05, 3.63) is 55.7 Å². The van der Waals surface area contributed by atoms with Gasteiger partial charge >= 0.3 is 0 Å². The van der Waals surface area contributed by atoms with E-state index in [1.807, 2.05) is 11.3 Å². The fraction of sp³-hybridized carbons (Fsp3) is 0.375. The van der Waals surface area contributed by atoms with E-state index in [4.69, 9.17) is 0 Å². The van der Waals surface area contributed by atoms with Crippen LogP contribution in [0.5, 0.6) is 0 Å². The Morgan fingerprint density at radius 3 is 2.63 bits per heavy atom. The predicted octanol–water partition coefficient (Wildman–Crippen LogP) is 4.50. The van der Waals surface area contributed by atoms with Crippen molar-refractivity contribution in [1.29, 1.82) is 0 Å². The molecule has 0 spiro atoms. The van der Waals surface area contributed by atoms with Gasteiger partial charge < -0.3 is 5.32 Å². The zero-order valence-electron chi connectivity index (χ0n) is 11.7. The number of likely N-dealkylation sites (N-methyl/N-ethyl adjacent to an activating group) is 1. The molecule has 102 valence electrons. The number of halogens is 1. The molecule has 1 atom stereocenters. The summed E-state index contributed by atoms with van der Waals surface area (Å²) in [5.41, 5.74) is 4.18. The number of aryl methyl sites for hydroxylation is 2. The van der Waals surface area contributed by atoms with Gasteiger partial charge in [0, 0.05) is 15.4 Å². The maximum absolute atomic E-state index is 3.62. The summed E-state index contributed by atoms with van der Waals surface area (Å²) in [4.78, 5) is 1.42. The van der Waals surface area contributed by atoms with Gasteiger partial charge in [-0.25, -0.2) is 0 Å². The topological polar surface area (TPSA) is 12.0 Å². The second-order valence-corrected chi connectivity index (χ2v) is 6.87. The van der Waals surface area contributed by atoms with Crippen molar-refractivity contribution in [2.24, 2.45) is 0 Å². The second-order valence-electron chi connectivity index (χ2n) is 5.02. The van der Waals surface area contributed by atoms with Gasteiger partial charge in [-0.05, 0) is 72.2 Å². The molecule has 0 fully saturated rings. The largest absolute Gasteiger partial charge is 0.316 e. The number of hydrogen-bond donors (Lipinski definition) is 1. The van der Waals surface area contributed by atoms with Crippen LogP contribution in [-0.2, 0) is 12.8 Å². The van der Waals surface area contributed by atoms with E-state index >= 15 is 0 Å². The van der Waals surface area contributed by atoms with Gasteiger partial charge in [0.2, 0.25) is 0 Å². The highest BCUT2D eigenvalue weighted by atomic mass is 79.9. The van der Waals surface area contributed by atoms with Crippen molar-refractivity contribution in [2.45, 2.75) is 32.7 Å². The second kappa shape index (κ2) is 6.69. The summed E-state index contributed by atoms with van der Waals surface area (Å²) in [6.45, 7) is 4.36. The van der Waals surface area contributed by atoms with Gasteiger partial charge in [0.25, 0.3) is 0 Å². The third-order valence-corrected chi connectivity index (χ3v) is 5.45. The molecule has 0 aliphatic carbocycles. The Bertz CT molecular complexity index is 547. The summed E-state index contributed by atoms with van der Waals surface area (Å²) in [6.07, 6.45) is 2.15. The van der Waals surface area contributed by atoms with Crippen molar-refractivity contribution >= 4 is 27.3 Å². The SMILES string of the molecule is CNC(Cc1cc(C)ccc1C)Cc1sccc1Br. The molecule has 0 radical (unpaired) electrons. The minimum Gasteiger partial charge on any atom is -0.316 e. The Hall–Kier alpha value is -0.640. The molecule has 1 N–H and O–H groups in total. The van der Waals surface area contributed by atoms with Crippen LogP contribution in [0.1, 0.15) is 21.6 Å². The number of rotatable bonds is 5. The Morgan fingerprint density at radius 1 is 1.21 bits per heavy atom. The van der Waals surface area contributed by atoms with E-state index in [9.17, 15) is 0 Å². The van der Waals surface area contributed by atoms with Crippen LogP contribution in [0.3, 0.4) is 0 Å². The Kier molecular flexibility index (Phi) is 5.20. The van der Waals surface area contributed by atoms with E-state index in [0.29, 0.717) is 6.04 Å². The van der Waals surface area contributed by atoms with E-state index in [1.165, 1.54) is 26.0 Å². The normalized spacial score (nSPS) is 12.6. The molecule has 2 rings (SSSR count). The van der Waals surface area contributed by atoms with Gasteiger partial charge in [-0.15, -0.1) is 11.3 Å². The average Bonchev–Trinajstić information content (AvgIpc) is 2.78. The van der Waals surface area contributed by atoms with Gasteiger partial charge in [-0.3, -0.25) is 0 Å². The summed E-state index contributed by atoms with van der Waals surface area (Å²) < 4.78 is 1.23. The number of benzene rings is 1. The predicted molar refractivity (Wildman–Crippen MR) is 88.2 cm³/mol. The summed E-state index contributed by atoms with van der Waals surface area (Å²) in [7, 11) is 2.05. The van der Waals surface area contributed by atoms with E-state index in [1.54, 1.807) is 0 Å². The van der Waals surface area contributed by atoms with E-state index in [-0.39, 0.29) is 0 Å². The van der Waals surface area contributed by atoms with Crippen LogP contribution in [0, 0.1) is 13.8 Å². The fourth-order valence-electron chi connectivity index (χ4n) is 2.26. The highest BCUT2D eigenvalue weighted by molar-refractivity contribution is 9.10. The van der Waals surface area contributed by atoms with Crippen molar-refractivity contribution in [1.82, 2.24) is 5.32 Å². The number of nitrogens with one attached hydrogen (secondary N) is 1. The zero-order chi connectivity index (χ0) is 13.8. The lowest BCUT2D eigenvalue weighted by atomic mass is 9.97. The lowest BCUT2D eigenvalue weighted by Crippen LogP contribution is -2.30. The first-order valence-corrected chi connectivity index (χ1v) is 8.22. The molecule has 0 saturated carbocycles. The maximum Gasteiger partial charge on any atom is 0.0314 e. The molecule has 0 amide bonds. The van der Waals surface area contributed by atoms with Crippen LogP contribution in [0.15, 0.2) is 34.1 Å². The third-order valence-electron chi connectivity index (χ3n) is 3.50. The average molecular weight is 338 g/mol.